The van der Waals surface area contributed by atoms with Crippen molar-refractivity contribution in [1.29, 1.82) is 0 Å². The van der Waals surface area contributed by atoms with Crippen LogP contribution in [-0.2, 0) is 20.8 Å². The largest absolute Gasteiger partial charge is 0.506 e. The number of phenolic OH excluding ortho intramolecular Hbond substituents is 1. The zero-order valence-corrected chi connectivity index (χ0v) is 29.2. The molecule has 240 valence electrons. The number of rotatable bonds is 24. The minimum atomic E-state index is -0.666. The highest BCUT2D eigenvalue weighted by Crippen LogP contribution is 2.27. The van der Waals surface area contributed by atoms with Gasteiger partial charge < -0.3 is 43.2 Å². The molecule has 0 saturated carbocycles. The predicted octanol–water partition coefficient (Wildman–Crippen LogP) is 1.86. The fraction of sp³-hybridized carbons (Fsp3) is 0.690. The van der Waals surface area contributed by atoms with Crippen LogP contribution in [0, 0.1) is 7.14 Å². The SMILES string of the molecule is CCCC(=O)N[C@@H](Cc1cc([125I])c(O)c([125I])c1)C(=O)NCCCNCCCCNCCCNC(=O)[C@@H](N)CCCCN. The number of nitrogens with one attached hydrogen (secondary N) is 5. The highest BCUT2D eigenvalue weighted by atomic mass is 125. The van der Waals surface area contributed by atoms with E-state index in [0.717, 1.165) is 70.3 Å². The van der Waals surface area contributed by atoms with Crippen molar-refractivity contribution in [2.24, 2.45) is 11.5 Å². The molecule has 3 amide bonds. The summed E-state index contributed by atoms with van der Waals surface area (Å²) in [7, 11) is 0. The van der Waals surface area contributed by atoms with Gasteiger partial charge in [0.1, 0.15) is 11.8 Å². The third-order valence-electron chi connectivity index (χ3n) is 6.57. The number of amides is 3. The number of aromatic hydroxyl groups is 1. The van der Waals surface area contributed by atoms with Crippen LogP contribution in [0.3, 0.4) is 0 Å². The number of hydrogen-bond acceptors (Lipinski definition) is 8. The van der Waals surface area contributed by atoms with Gasteiger partial charge in [-0.2, -0.15) is 0 Å². The van der Waals surface area contributed by atoms with Crippen molar-refractivity contribution in [3.8, 4) is 5.75 Å². The molecule has 0 aliphatic heterocycles. The standard InChI is InChI=1S/C29H51I2N7O4/c1-2-9-26(39)38-25(20-21-18-22(30)27(40)23(31)19-21)29(42)37-17-8-15-35-13-6-5-12-34-14-7-16-36-28(41)24(33)10-3-4-11-32/h18-19,24-25,34-35,40H,2-17,20,32-33H2,1H3,(H,36,41)(H,37,42)(H,38,39)/t24-,25-/m0/s1/i30-2,31-2. The van der Waals surface area contributed by atoms with Crippen LogP contribution in [-0.4, -0.2) is 80.7 Å². The van der Waals surface area contributed by atoms with E-state index in [9.17, 15) is 19.5 Å². The van der Waals surface area contributed by atoms with Crippen LogP contribution in [0.2, 0.25) is 0 Å². The Kier molecular flexibility index (Phi) is 22.2. The molecule has 0 aromatic heterocycles. The van der Waals surface area contributed by atoms with E-state index < -0.39 is 12.1 Å². The Bertz CT molecular complexity index is 916. The van der Waals surface area contributed by atoms with E-state index in [4.69, 9.17) is 11.5 Å². The summed E-state index contributed by atoms with van der Waals surface area (Å²) in [6.07, 6.45) is 7.63. The van der Waals surface area contributed by atoms with Gasteiger partial charge in [0.2, 0.25) is 17.7 Å². The maximum Gasteiger partial charge on any atom is 0.242 e. The number of halogens is 2. The third kappa shape index (κ3) is 17.8. The van der Waals surface area contributed by atoms with Crippen LogP contribution in [0.5, 0.6) is 5.75 Å². The molecule has 10 N–H and O–H groups in total. The summed E-state index contributed by atoms with van der Waals surface area (Å²) in [5, 5.41) is 25.6. The monoisotopic (exact) mass is 811 g/mol. The minimum absolute atomic E-state index is 0.0880. The van der Waals surface area contributed by atoms with E-state index in [0.29, 0.717) is 52.5 Å². The number of phenols is 1. The average Bonchev–Trinajstić information content (AvgIpc) is 2.95. The zero-order chi connectivity index (χ0) is 31.2. The lowest BCUT2D eigenvalue weighted by atomic mass is 10.0. The highest BCUT2D eigenvalue weighted by molar-refractivity contribution is 14.1. The number of benzene rings is 1. The van der Waals surface area contributed by atoms with Crippen LogP contribution < -0.4 is 38.1 Å². The Labute approximate surface area is 278 Å². The summed E-state index contributed by atoms with van der Waals surface area (Å²) in [6, 6.07) is 2.57. The van der Waals surface area contributed by atoms with Crippen molar-refractivity contribution in [3.05, 3.63) is 24.8 Å². The number of nitrogens with two attached hydrogens (primary N) is 2. The Hall–Kier alpha value is -1.27. The quantitative estimate of drug-likeness (QED) is 0.0575. The molecule has 2 atom stereocenters. The second kappa shape index (κ2) is 24.1. The molecule has 11 nitrogen and oxygen atoms in total. The van der Waals surface area contributed by atoms with Crippen LogP contribution in [0.1, 0.15) is 70.3 Å². The number of carbonyl (C=O) groups excluding carboxylic acids is 3. The first-order chi connectivity index (χ1) is 20.2. The zero-order valence-electron chi connectivity index (χ0n) is 24.9. The molecule has 0 heterocycles. The topological polar surface area (TPSA) is 184 Å². The molecule has 1 aromatic carbocycles. The van der Waals surface area contributed by atoms with Crippen molar-refractivity contribution >= 4 is 62.9 Å². The average molecular weight is 812 g/mol. The summed E-state index contributed by atoms with van der Waals surface area (Å²) in [5.74, 6) is -0.199. The Balaban J connectivity index is 2.16. The summed E-state index contributed by atoms with van der Waals surface area (Å²) in [4.78, 5) is 37.1. The van der Waals surface area contributed by atoms with E-state index in [1.165, 1.54) is 0 Å². The Morgan fingerprint density at radius 2 is 1.38 bits per heavy atom. The van der Waals surface area contributed by atoms with E-state index in [2.05, 4.69) is 71.8 Å². The van der Waals surface area contributed by atoms with Crippen molar-refractivity contribution < 1.29 is 19.5 Å². The molecule has 0 aliphatic rings. The second-order valence-electron chi connectivity index (χ2n) is 10.4. The molecule has 0 unspecified atom stereocenters. The van der Waals surface area contributed by atoms with Crippen molar-refractivity contribution in [2.45, 2.75) is 83.2 Å². The first-order valence-corrected chi connectivity index (χ1v) is 17.2. The molecule has 0 radical (unpaired) electrons. The van der Waals surface area contributed by atoms with E-state index in [-0.39, 0.29) is 23.5 Å². The van der Waals surface area contributed by atoms with Crippen LogP contribution >= 0.6 is 45.2 Å². The van der Waals surface area contributed by atoms with Gasteiger partial charge in [-0.15, -0.1) is 0 Å². The first-order valence-electron chi connectivity index (χ1n) is 15.1. The second-order valence-corrected chi connectivity index (χ2v) is 12.7. The molecule has 13 heteroatoms. The molecule has 0 bridgehead atoms. The lowest BCUT2D eigenvalue weighted by molar-refractivity contribution is -0.129. The Morgan fingerprint density at radius 3 is 1.93 bits per heavy atom. The van der Waals surface area contributed by atoms with Gasteiger partial charge in [0.25, 0.3) is 0 Å². The molecule has 1 rings (SSSR count). The van der Waals surface area contributed by atoms with Gasteiger partial charge in [0.15, 0.2) is 0 Å². The van der Waals surface area contributed by atoms with Gasteiger partial charge in [0.05, 0.1) is 13.2 Å². The maximum atomic E-state index is 12.9. The summed E-state index contributed by atoms with van der Waals surface area (Å²) in [6.45, 7) is 7.17. The van der Waals surface area contributed by atoms with Gasteiger partial charge >= 0.3 is 0 Å². The number of unbranched alkanes of at least 4 members (excludes halogenated alkanes) is 2. The minimum Gasteiger partial charge on any atom is -0.506 e. The van der Waals surface area contributed by atoms with Gasteiger partial charge in [-0.05, 0) is 141 Å². The molecular formula is C29H51I2N7O4. The summed E-state index contributed by atoms with van der Waals surface area (Å²) in [5.41, 5.74) is 12.2. The predicted molar refractivity (Wildman–Crippen MR) is 185 cm³/mol. The lowest BCUT2D eigenvalue weighted by Crippen LogP contribution is -2.48. The van der Waals surface area contributed by atoms with E-state index in [1.54, 1.807) is 0 Å². The van der Waals surface area contributed by atoms with Crippen LogP contribution in [0.4, 0.5) is 0 Å². The molecular weight excluding hydrogens is 760 g/mol. The third-order valence-corrected chi connectivity index (χ3v) is 8.21. The maximum absolute atomic E-state index is 12.9. The van der Waals surface area contributed by atoms with Crippen LogP contribution in [0.15, 0.2) is 12.1 Å². The molecule has 42 heavy (non-hydrogen) atoms. The number of carbonyl (C=O) groups is 3. The fourth-order valence-electron chi connectivity index (χ4n) is 4.17. The molecule has 1 aromatic rings. The fourth-order valence-corrected chi connectivity index (χ4v) is 6.07. The van der Waals surface area contributed by atoms with Gasteiger partial charge in [-0.25, -0.2) is 0 Å². The summed E-state index contributed by atoms with van der Waals surface area (Å²) >= 11 is 4.13. The van der Waals surface area contributed by atoms with Gasteiger partial charge in [-0.1, -0.05) is 13.3 Å². The van der Waals surface area contributed by atoms with Crippen molar-refractivity contribution in [1.82, 2.24) is 26.6 Å². The first kappa shape index (κ1) is 38.8. The van der Waals surface area contributed by atoms with Crippen molar-refractivity contribution in [2.75, 3.05) is 45.8 Å². The van der Waals surface area contributed by atoms with Gasteiger partial charge in [-0.3, -0.25) is 14.4 Å². The molecule has 0 aliphatic carbocycles. The van der Waals surface area contributed by atoms with Crippen molar-refractivity contribution in [3.63, 3.8) is 0 Å². The Morgan fingerprint density at radius 1 is 0.833 bits per heavy atom. The number of hydrogen-bond donors (Lipinski definition) is 8. The molecule has 0 spiro atoms. The molecule has 0 fully saturated rings. The molecule has 0 saturated heterocycles. The normalized spacial score (nSPS) is 12.5. The smallest absolute Gasteiger partial charge is 0.242 e. The highest BCUT2D eigenvalue weighted by Gasteiger charge is 2.21. The van der Waals surface area contributed by atoms with E-state index in [1.807, 2.05) is 19.1 Å². The van der Waals surface area contributed by atoms with Gasteiger partial charge in [0, 0.05) is 25.9 Å². The van der Waals surface area contributed by atoms with E-state index >= 15 is 0 Å². The lowest BCUT2D eigenvalue weighted by Gasteiger charge is -2.19. The van der Waals surface area contributed by atoms with Crippen LogP contribution in [0.25, 0.3) is 0 Å². The summed E-state index contributed by atoms with van der Waals surface area (Å²) < 4.78 is 1.43.